The summed E-state index contributed by atoms with van der Waals surface area (Å²) >= 11 is 0. The van der Waals surface area contributed by atoms with Gasteiger partial charge in [-0.15, -0.1) is 0 Å². The van der Waals surface area contributed by atoms with E-state index in [1.54, 1.807) is 17.2 Å². The molecule has 10 heteroatoms. The van der Waals surface area contributed by atoms with Gasteiger partial charge in [-0.25, -0.2) is 17.2 Å². The molecule has 0 radical (unpaired) electrons. The summed E-state index contributed by atoms with van der Waals surface area (Å²) in [6.07, 6.45) is 1.60. The molecule has 170 valence electrons. The van der Waals surface area contributed by atoms with Gasteiger partial charge in [0, 0.05) is 43.6 Å². The van der Waals surface area contributed by atoms with E-state index in [1.807, 2.05) is 30.5 Å². The minimum absolute atomic E-state index is 0.0238. The van der Waals surface area contributed by atoms with Gasteiger partial charge in [0.2, 0.25) is 10.0 Å². The molecule has 1 fully saturated rings. The maximum atomic E-state index is 14.0. The van der Waals surface area contributed by atoms with E-state index in [0.29, 0.717) is 18.2 Å². The Morgan fingerprint density at radius 1 is 1.06 bits per heavy atom. The Morgan fingerprint density at radius 2 is 1.78 bits per heavy atom. The highest BCUT2D eigenvalue weighted by Gasteiger charge is 2.33. The molecule has 0 unspecified atom stereocenters. The van der Waals surface area contributed by atoms with Gasteiger partial charge >= 0.3 is 0 Å². The number of hydrogen-bond acceptors (Lipinski definition) is 4. The first-order valence-electron chi connectivity index (χ1n) is 10.1. The molecule has 7 nitrogen and oxygen atoms in total. The number of carbonyl (C=O) groups excluding carboxylic acids is 1. The molecular formula is C22H23F2N3O4S. The van der Waals surface area contributed by atoms with Gasteiger partial charge in [0.05, 0.1) is 18.4 Å². The molecule has 1 saturated heterocycles. The number of furan rings is 1. The Labute approximate surface area is 184 Å². The van der Waals surface area contributed by atoms with E-state index in [0.717, 1.165) is 33.6 Å². The summed E-state index contributed by atoms with van der Waals surface area (Å²) in [4.78, 5) is 14.1. The molecular weight excluding hydrogens is 440 g/mol. The topological polar surface area (TPSA) is 75.8 Å². The lowest BCUT2D eigenvalue weighted by Crippen LogP contribution is -2.50. The molecule has 1 aromatic carbocycles. The van der Waals surface area contributed by atoms with Crippen molar-refractivity contribution in [3.63, 3.8) is 0 Å². The van der Waals surface area contributed by atoms with Crippen LogP contribution in [0.5, 0.6) is 0 Å². The molecule has 3 aromatic rings. The zero-order valence-electron chi connectivity index (χ0n) is 17.7. The normalized spacial score (nSPS) is 15.3. The Bertz CT molecular complexity index is 1240. The molecule has 0 saturated carbocycles. The highest BCUT2D eigenvalue weighted by Crippen LogP contribution is 2.23. The lowest BCUT2D eigenvalue weighted by atomic mass is 10.2. The van der Waals surface area contributed by atoms with Crippen molar-refractivity contribution in [1.82, 2.24) is 13.8 Å². The SMILES string of the molecule is Cc1cc(C(=O)N2CCN(S(=O)(=O)c3ccc(F)cc3F)CC2)c(C)n1Cc1ccco1. The van der Waals surface area contributed by atoms with Crippen LogP contribution in [0.4, 0.5) is 8.78 Å². The molecule has 1 aliphatic rings. The van der Waals surface area contributed by atoms with E-state index in [2.05, 4.69) is 0 Å². The van der Waals surface area contributed by atoms with Crippen LogP contribution in [-0.4, -0.2) is 54.3 Å². The quantitative estimate of drug-likeness (QED) is 0.583. The minimum atomic E-state index is -4.12. The van der Waals surface area contributed by atoms with Crippen LogP contribution in [0.1, 0.15) is 27.5 Å². The van der Waals surface area contributed by atoms with Crippen molar-refractivity contribution in [2.24, 2.45) is 0 Å². The minimum Gasteiger partial charge on any atom is -0.467 e. The molecule has 0 aliphatic carbocycles. The number of benzene rings is 1. The largest absolute Gasteiger partial charge is 0.467 e. The summed E-state index contributed by atoms with van der Waals surface area (Å²) in [5.74, 6) is -1.39. The number of halogens is 2. The smallest absolute Gasteiger partial charge is 0.255 e. The van der Waals surface area contributed by atoms with Crippen LogP contribution in [0.25, 0.3) is 0 Å². The zero-order valence-corrected chi connectivity index (χ0v) is 18.5. The third-order valence-corrected chi connectivity index (χ3v) is 7.67. The second-order valence-electron chi connectivity index (χ2n) is 7.72. The van der Waals surface area contributed by atoms with Crippen LogP contribution in [0.3, 0.4) is 0 Å². The van der Waals surface area contributed by atoms with Crippen LogP contribution in [-0.2, 0) is 16.6 Å². The monoisotopic (exact) mass is 463 g/mol. The van der Waals surface area contributed by atoms with Gasteiger partial charge in [-0.3, -0.25) is 4.79 Å². The fraction of sp³-hybridized carbons (Fsp3) is 0.318. The lowest BCUT2D eigenvalue weighted by molar-refractivity contribution is 0.0697. The second kappa shape index (κ2) is 8.51. The molecule has 4 rings (SSSR count). The predicted octanol–water partition coefficient (Wildman–Crippen LogP) is 3.17. The van der Waals surface area contributed by atoms with Crippen molar-refractivity contribution >= 4 is 15.9 Å². The molecule has 32 heavy (non-hydrogen) atoms. The van der Waals surface area contributed by atoms with Gasteiger partial charge < -0.3 is 13.9 Å². The van der Waals surface area contributed by atoms with Crippen LogP contribution in [0, 0.1) is 25.5 Å². The maximum absolute atomic E-state index is 14.0. The number of hydrogen-bond donors (Lipinski definition) is 0. The van der Waals surface area contributed by atoms with Crippen LogP contribution < -0.4 is 0 Å². The van der Waals surface area contributed by atoms with Gasteiger partial charge in [-0.05, 0) is 44.2 Å². The van der Waals surface area contributed by atoms with Crippen molar-refractivity contribution in [2.45, 2.75) is 25.3 Å². The van der Waals surface area contributed by atoms with Crippen molar-refractivity contribution < 1.29 is 26.4 Å². The van der Waals surface area contributed by atoms with Crippen molar-refractivity contribution in [2.75, 3.05) is 26.2 Å². The molecule has 0 spiro atoms. The Morgan fingerprint density at radius 3 is 2.41 bits per heavy atom. The molecule has 1 amide bonds. The number of aryl methyl sites for hydroxylation is 1. The molecule has 0 atom stereocenters. The van der Waals surface area contributed by atoms with E-state index < -0.39 is 26.6 Å². The summed E-state index contributed by atoms with van der Waals surface area (Å²) in [5.41, 5.74) is 2.26. The third-order valence-electron chi connectivity index (χ3n) is 5.74. The summed E-state index contributed by atoms with van der Waals surface area (Å²) in [6, 6.07) is 7.87. The van der Waals surface area contributed by atoms with Crippen molar-refractivity contribution in [3.05, 3.63) is 77.0 Å². The molecule has 1 aliphatic heterocycles. The van der Waals surface area contributed by atoms with Crippen LogP contribution in [0.15, 0.2) is 52.0 Å². The van der Waals surface area contributed by atoms with Gasteiger partial charge in [0.25, 0.3) is 5.91 Å². The first-order chi connectivity index (χ1) is 15.2. The molecule has 3 heterocycles. The maximum Gasteiger partial charge on any atom is 0.255 e. The Balaban J connectivity index is 1.47. The lowest BCUT2D eigenvalue weighted by Gasteiger charge is -2.34. The number of rotatable bonds is 5. The highest BCUT2D eigenvalue weighted by atomic mass is 32.2. The van der Waals surface area contributed by atoms with Gasteiger partial charge in [-0.1, -0.05) is 0 Å². The first-order valence-corrected chi connectivity index (χ1v) is 11.6. The number of nitrogens with zero attached hydrogens (tertiary/aromatic N) is 3. The number of piperazine rings is 1. The zero-order chi connectivity index (χ0) is 23.0. The fourth-order valence-electron chi connectivity index (χ4n) is 3.94. The van der Waals surface area contributed by atoms with E-state index in [-0.39, 0.29) is 32.1 Å². The van der Waals surface area contributed by atoms with Gasteiger partial charge in [-0.2, -0.15) is 4.31 Å². The van der Waals surface area contributed by atoms with Gasteiger partial charge in [0.15, 0.2) is 0 Å². The van der Waals surface area contributed by atoms with Crippen molar-refractivity contribution in [3.8, 4) is 0 Å². The van der Waals surface area contributed by atoms with Crippen LogP contribution in [0.2, 0.25) is 0 Å². The predicted molar refractivity (Wildman–Crippen MR) is 113 cm³/mol. The van der Waals surface area contributed by atoms with E-state index >= 15 is 0 Å². The standard InChI is InChI=1S/C22H23F2N3O4S/c1-15-12-19(16(2)27(15)14-18-4-3-11-31-18)22(28)25-7-9-26(10-8-25)32(29,30)21-6-5-17(23)13-20(21)24/h3-6,11-13H,7-10,14H2,1-2H3. The number of sulfonamides is 1. The first kappa shape index (κ1) is 22.2. The van der Waals surface area contributed by atoms with Crippen molar-refractivity contribution in [1.29, 1.82) is 0 Å². The number of amides is 1. The van der Waals surface area contributed by atoms with E-state index in [9.17, 15) is 22.0 Å². The highest BCUT2D eigenvalue weighted by molar-refractivity contribution is 7.89. The average molecular weight is 464 g/mol. The van der Waals surface area contributed by atoms with Gasteiger partial charge in [0.1, 0.15) is 22.3 Å². The average Bonchev–Trinajstić information content (AvgIpc) is 3.37. The number of aromatic nitrogens is 1. The Kier molecular flexibility index (Phi) is 5.91. The molecule has 0 bridgehead atoms. The van der Waals surface area contributed by atoms with E-state index in [1.165, 1.54) is 0 Å². The summed E-state index contributed by atoms with van der Waals surface area (Å²) in [6.45, 7) is 4.67. The fourth-order valence-corrected chi connectivity index (χ4v) is 5.41. The van der Waals surface area contributed by atoms with Crippen LogP contribution >= 0.6 is 0 Å². The molecule has 0 N–H and O–H groups in total. The summed E-state index contributed by atoms with van der Waals surface area (Å²) in [7, 11) is -4.12. The summed E-state index contributed by atoms with van der Waals surface area (Å²) < 4.78 is 61.2. The van der Waals surface area contributed by atoms with E-state index in [4.69, 9.17) is 4.42 Å². The molecule has 2 aromatic heterocycles. The summed E-state index contributed by atoms with van der Waals surface area (Å²) in [5, 5.41) is 0. The Hall–Kier alpha value is -2.98. The second-order valence-corrected chi connectivity index (χ2v) is 9.63. The third kappa shape index (κ3) is 4.07. The number of carbonyl (C=O) groups is 1.